The Kier molecular flexibility index (Phi) is 6.68. The Morgan fingerprint density at radius 1 is 0.962 bits per heavy atom. The van der Waals surface area contributed by atoms with E-state index in [0.717, 1.165) is 38.3 Å². The minimum atomic E-state index is -0.188. The smallest absolute Gasteiger partial charge is 0.244 e. The molecule has 5 heteroatoms. The zero-order valence-electron chi connectivity index (χ0n) is 16.7. The Labute approximate surface area is 158 Å². The number of hydrogen-bond donors (Lipinski definition) is 0. The van der Waals surface area contributed by atoms with E-state index in [1.807, 2.05) is 31.1 Å². The quantitative estimate of drug-likeness (QED) is 0.776. The standard InChI is InChI=1S/C21H34N4O/c1-18-8-4-5-9-19(18)20(22(2)3)21(26)25-16-14-24(15-17-25)13-12-23-10-6-7-11-23/h4-5,8-9,20H,6-7,10-17H2,1-3H3/t20-/m1/s1. The summed E-state index contributed by atoms with van der Waals surface area (Å²) in [5.74, 6) is 0.239. The third-order valence-electron chi connectivity index (χ3n) is 5.85. The SMILES string of the molecule is Cc1ccccc1[C@H](C(=O)N1CCN(CCN2CCCC2)CC1)N(C)C. The van der Waals surface area contributed by atoms with Crippen molar-refractivity contribution in [2.75, 3.05) is 66.5 Å². The lowest BCUT2D eigenvalue weighted by Gasteiger charge is -2.38. The summed E-state index contributed by atoms with van der Waals surface area (Å²) in [5.41, 5.74) is 2.31. The second-order valence-electron chi connectivity index (χ2n) is 7.94. The molecule has 0 saturated carbocycles. The number of carbonyl (C=O) groups is 1. The van der Waals surface area contributed by atoms with Gasteiger partial charge >= 0.3 is 0 Å². The van der Waals surface area contributed by atoms with E-state index in [0.29, 0.717) is 0 Å². The molecule has 0 bridgehead atoms. The molecular formula is C21H34N4O. The molecule has 2 fully saturated rings. The minimum absolute atomic E-state index is 0.188. The molecule has 3 rings (SSSR count). The summed E-state index contributed by atoms with van der Waals surface area (Å²) in [4.78, 5) is 22.4. The van der Waals surface area contributed by atoms with E-state index in [9.17, 15) is 4.79 Å². The van der Waals surface area contributed by atoms with Crippen LogP contribution in [0.2, 0.25) is 0 Å². The van der Waals surface area contributed by atoms with Gasteiger partial charge in [-0.3, -0.25) is 14.6 Å². The van der Waals surface area contributed by atoms with E-state index in [1.54, 1.807) is 0 Å². The second-order valence-corrected chi connectivity index (χ2v) is 7.94. The van der Waals surface area contributed by atoms with Gasteiger partial charge in [0.25, 0.3) is 0 Å². The average Bonchev–Trinajstić information content (AvgIpc) is 3.15. The topological polar surface area (TPSA) is 30.0 Å². The molecule has 1 amide bonds. The zero-order valence-corrected chi connectivity index (χ0v) is 16.7. The van der Waals surface area contributed by atoms with E-state index < -0.39 is 0 Å². The number of likely N-dealkylation sites (tertiary alicyclic amines) is 1. The monoisotopic (exact) mass is 358 g/mol. The van der Waals surface area contributed by atoms with Crippen molar-refractivity contribution in [1.29, 1.82) is 0 Å². The van der Waals surface area contributed by atoms with Gasteiger partial charge in [0, 0.05) is 39.3 Å². The molecule has 1 aromatic carbocycles. The number of benzene rings is 1. The summed E-state index contributed by atoms with van der Waals surface area (Å²) in [6.45, 7) is 10.6. The fraction of sp³-hybridized carbons (Fsp3) is 0.667. The van der Waals surface area contributed by atoms with E-state index in [1.165, 1.54) is 38.0 Å². The minimum Gasteiger partial charge on any atom is -0.338 e. The van der Waals surface area contributed by atoms with Crippen LogP contribution in [0.5, 0.6) is 0 Å². The molecule has 2 aliphatic rings. The van der Waals surface area contributed by atoms with Crippen LogP contribution < -0.4 is 0 Å². The van der Waals surface area contributed by atoms with Crippen LogP contribution in [0.25, 0.3) is 0 Å². The van der Waals surface area contributed by atoms with Crippen molar-refractivity contribution < 1.29 is 4.79 Å². The van der Waals surface area contributed by atoms with Gasteiger partial charge in [-0.15, -0.1) is 0 Å². The molecule has 0 aromatic heterocycles. The van der Waals surface area contributed by atoms with Gasteiger partial charge in [0.1, 0.15) is 6.04 Å². The Balaban J connectivity index is 1.55. The molecule has 0 unspecified atom stereocenters. The molecule has 2 heterocycles. The number of amides is 1. The van der Waals surface area contributed by atoms with Crippen LogP contribution >= 0.6 is 0 Å². The predicted octanol–water partition coefficient (Wildman–Crippen LogP) is 1.84. The highest BCUT2D eigenvalue weighted by molar-refractivity contribution is 5.83. The highest BCUT2D eigenvalue weighted by Gasteiger charge is 2.30. The van der Waals surface area contributed by atoms with Crippen LogP contribution in [0.1, 0.15) is 30.0 Å². The number of carbonyl (C=O) groups excluding carboxylic acids is 1. The first-order valence-electron chi connectivity index (χ1n) is 10.0. The highest BCUT2D eigenvalue weighted by atomic mass is 16.2. The largest absolute Gasteiger partial charge is 0.338 e. The molecule has 1 atom stereocenters. The summed E-state index contributed by atoms with van der Waals surface area (Å²) in [7, 11) is 4.00. The Hall–Kier alpha value is -1.43. The third kappa shape index (κ3) is 4.64. The summed E-state index contributed by atoms with van der Waals surface area (Å²) < 4.78 is 0. The number of piperazine rings is 1. The normalized spacial score (nSPS) is 20.7. The first-order valence-corrected chi connectivity index (χ1v) is 10.0. The molecule has 0 aliphatic carbocycles. The number of nitrogens with zero attached hydrogens (tertiary/aromatic N) is 4. The van der Waals surface area contributed by atoms with Crippen LogP contribution in [0.15, 0.2) is 24.3 Å². The van der Waals surface area contributed by atoms with Crippen LogP contribution in [0.3, 0.4) is 0 Å². The third-order valence-corrected chi connectivity index (χ3v) is 5.85. The van der Waals surface area contributed by atoms with Gasteiger partial charge in [0.15, 0.2) is 0 Å². The Bertz CT molecular complexity index is 589. The van der Waals surface area contributed by atoms with Crippen molar-refractivity contribution in [2.24, 2.45) is 0 Å². The molecule has 0 radical (unpaired) electrons. The van der Waals surface area contributed by atoms with Crippen LogP contribution in [-0.4, -0.2) is 92.0 Å². The summed E-state index contributed by atoms with van der Waals surface area (Å²) >= 11 is 0. The first-order chi connectivity index (χ1) is 12.6. The number of likely N-dealkylation sites (N-methyl/N-ethyl adjacent to an activating group) is 1. The maximum absolute atomic E-state index is 13.2. The van der Waals surface area contributed by atoms with Crippen molar-refractivity contribution >= 4 is 5.91 Å². The average molecular weight is 359 g/mol. The molecular weight excluding hydrogens is 324 g/mol. The van der Waals surface area contributed by atoms with Gasteiger partial charge in [-0.1, -0.05) is 24.3 Å². The molecule has 2 saturated heterocycles. The second kappa shape index (κ2) is 8.98. The lowest BCUT2D eigenvalue weighted by Crippen LogP contribution is -2.52. The van der Waals surface area contributed by atoms with Crippen molar-refractivity contribution in [2.45, 2.75) is 25.8 Å². The van der Waals surface area contributed by atoms with Crippen molar-refractivity contribution in [1.82, 2.24) is 19.6 Å². The van der Waals surface area contributed by atoms with E-state index in [4.69, 9.17) is 0 Å². The molecule has 0 spiro atoms. The molecule has 0 N–H and O–H groups in total. The maximum atomic E-state index is 13.2. The lowest BCUT2D eigenvalue weighted by atomic mass is 9.99. The van der Waals surface area contributed by atoms with Gasteiger partial charge in [0.2, 0.25) is 5.91 Å². The molecule has 5 nitrogen and oxygen atoms in total. The Morgan fingerprint density at radius 2 is 1.54 bits per heavy atom. The van der Waals surface area contributed by atoms with Crippen LogP contribution in [0, 0.1) is 6.92 Å². The van der Waals surface area contributed by atoms with E-state index in [2.05, 4.69) is 33.8 Å². The fourth-order valence-electron chi connectivity index (χ4n) is 4.18. The summed E-state index contributed by atoms with van der Waals surface area (Å²) in [6.07, 6.45) is 2.71. The molecule has 26 heavy (non-hydrogen) atoms. The van der Waals surface area contributed by atoms with E-state index in [-0.39, 0.29) is 11.9 Å². The molecule has 2 aliphatic heterocycles. The van der Waals surface area contributed by atoms with Gasteiger partial charge in [-0.2, -0.15) is 0 Å². The maximum Gasteiger partial charge on any atom is 0.244 e. The number of aryl methyl sites for hydroxylation is 1. The number of rotatable bonds is 6. The fourth-order valence-corrected chi connectivity index (χ4v) is 4.18. The van der Waals surface area contributed by atoms with Gasteiger partial charge < -0.3 is 9.80 Å². The number of hydrogen-bond acceptors (Lipinski definition) is 4. The Morgan fingerprint density at radius 3 is 2.12 bits per heavy atom. The van der Waals surface area contributed by atoms with Crippen LogP contribution in [0.4, 0.5) is 0 Å². The van der Waals surface area contributed by atoms with Crippen molar-refractivity contribution in [3.05, 3.63) is 35.4 Å². The van der Waals surface area contributed by atoms with Crippen LogP contribution in [-0.2, 0) is 4.79 Å². The molecule has 144 valence electrons. The zero-order chi connectivity index (χ0) is 18.5. The summed E-state index contributed by atoms with van der Waals surface area (Å²) in [6, 6.07) is 8.06. The lowest BCUT2D eigenvalue weighted by molar-refractivity contribution is -0.138. The highest BCUT2D eigenvalue weighted by Crippen LogP contribution is 2.24. The van der Waals surface area contributed by atoms with Gasteiger partial charge in [-0.25, -0.2) is 0 Å². The molecule has 1 aromatic rings. The van der Waals surface area contributed by atoms with Gasteiger partial charge in [-0.05, 0) is 58.1 Å². The predicted molar refractivity (Wildman–Crippen MR) is 106 cm³/mol. The van der Waals surface area contributed by atoms with Gasteiger partial charge in [0.05, 0.1) is 0 Å². The van der Waals surface area contributed by atoms with Crippen molar-refractivity contribution in [3.63, 3.8) is 0 Å². The first kappa shape index (κ1) is 19.3. The summed E-state index contributed by atoms with van der Waals surface area (Å²) in [5, 5.41) is 0. The van der Waals surface area contributed by atoms with E-state index >= 15 is 0 Å². The van der Waals surface area contributed by atoms with Crippen molar-refractivity contribution in [3.8, 4) is 0 Å².